The molecule has 2 saturated heterocycles. The van der Waals surface area contributed by atoms with Crippen molar-refractivity contribution in [2.45, 2.75) is 101 Å². The molecule has 2 aliphatic heterocycles. The van der Waals surface area contributed by atoms with E-state index in [1.807, 2.05) is 0 Å². The summed E-state index contributed by atoms with van der Waals surface area (Å²) in [5.41, 5.74) is -3.32. The maximum absolute atomic E-state index is 14.0. The standard InChI is InChI=1S/C41H44N4O13/c1-18(43-38(52)21-10-12-42-13-11-21)40(54)45-14-6-8-25(45)39(53)44-24-15-28(57-19(2)33(24)47)58-27-17-41(55,20(3)46)16-23-30(27)37(51)32-31(35(23)49)34(48)22-7-5-9-26(56-4)29(22)36(32)50/h5,7,9-13,18-19,24-25,27-28,33,47,49,51,55H,6,8,14-17H2,1-4H3,(H,43,52)(H,44,53)/t18-,19+,24+,25-,27+,28+,33-,41+/m1/s1. The summed E-state index contributed by atoms with van der Waals surface area (Å²) in [7, 11) is 1.31. The largest absolute Gasteiger partial charge is 0.507 e. The highest BCUT2D eigenvalue weighted by Crippen LogP contribution is 2.52. The van der Waals surface area contributed by atoms with Crippen LogP contribution in [0.25, 0.3) is 0 Å². The third kappa shape index (κ3) is 6.97. The number of hydrogen-bond donors (Lipinski definition) is 6. The van der Waals surface area contributed by atoms with Gasteiger partial charge in [0.25, 0.3) is 5.91 Å². The predicted molar refractivity (Wildman–Crippen MR) is 200 cm³/mol. The van der Waals surface area contributed by atoms with Crippen molar-refractivity contribution in [3.63, 3.8) is 0 Å². The SMILES string of the molecule is COc1cccc2c1C(=O)c1c(O)c3c(c(O)c1C2=O)C[C@@](O)(C(C)=O)C[C@@H]3O[C@H]1C[C@H](NC(=O)[C@H]2CCCN2C(=O)[C@@H](C)NC(=O)c2ccncc2)[C@H](O)[C@H](C)O1. The molecule has 306 valence electrons. The van der Waals surface area contributed by atoms with Gasteiger partial charge in [0, 0.05) is 60.5 Å². The number of Topliss-reactive ketones (excluding diaryl/α,β-unsaturated/α-hetero) is 1. The Morgan fingerprint density at radius 3 is 2.43 bits per heavy atom. The summed E-state index contributed by atoms with van der Waals surface area (Å²) in [6, 6.07) is 4.50. The lowest BCUT2D eigenvalue weighted by Crippen LogP contribution is -2.59. The zero-order valence-electron chi connectivity index (χ0n) is 32.2. The van der Waals surface area contributed by atoms with E-state index in [4.69, 9.17) is 14.2 Å². The number of carbonyl (C=O) groups is 6. The number of phenolic OH excluding ortho intramolecular Hbond substituents is 2. The molecule has 0 radical (unpaired) electrons. The van der Waals surface area contributed by atoms with Crippen LogP contribution >= 0.6 is 0 Å². The van der Waals surface area contributed by atoms with Crippen LogP contribution in [0.1, 0.15) is 106 Å². The molecule has 3 amide bonds. The maximum atomic E-state index is 14.0. The van der Waals surface area contributed by atoms with E-state index in [0.717, 1.165) is 6.92 Å². The van der Waals surface area contributed by atoms with Gasteiger partial charge in [-0.2, -0.15) is 0 Å². The first-order valence-electron chi connectivity index (χ1n) is 19.0. The molecule has 58 heavy (non-hydrogen) atoms. The van der Waals surface area contributed by atoms with Gasteiger partial charge in [0.05, 0.1) is 42.0 Å². The van der Waals surface area contributed by atoms with Gasteiger partial charge in [-0.3, -0.25) is 33.8 Å². The van der Waals surface area contributed by atoms with E-state index in [1.54, 1.807) is 0 Å². The maximum Gasteiger partial charge on any atom is 0.252 e. The minimum absolute atomic E-state index is 0.0689. The van der Waals surface area contributed by atoms with E-state index in [2.05, 4.69) is 15.6 Å². The molecule has 2 fully saturated rings. The number of pyridine rings is 1. The third-order valence-corrected chi connectivity index (χ3v) is 11.6. The average molecular weight is 801 g/mol. The molecule has 8 atom stereocenters. The molecule has 1 aromatic heterocycles. The van der Waals surface area contributed by atoms with E-state index in [1.165, 1.54) is 68.6 Å². The van der Waals surface area contributed by atoms with Crippen molar-refractivity contribution in [1.29, 1.82) is 0 Å². The van der Waals surface area contributed by atoms with Crippen LogP contribution in [0.5, 0.6) is 17.2 Å². The number of aromatic hydroxyl groups is 2. The summed E-state index contributed by atoms with van der Waals surface area (Å²) in [6.45, 7) is 4.46. The van der Waals surface area contributed by atoms with Gasteiger partial charge in [-0.15, -0.1) is 0 Å². The van der Waals surface area contributed by atoms with Crippen molar-refractivity contribution in [3.05, 3.63) is 81.7 Å². The van der Waals surface area contributed by atoms with Crippen molar-refractivity contribution in [2.75, 3.05) is 13.7 Å². The van der Waals surface area contributed by atoms with E-state index in [-0.39, 0.29) is 41.0 Å². The van der Waals surface area contributed by atoms with Crippen LogP contribution in [0.15, 0.2) is 42.7 Å². The molecule has 3 aromatic rings. The Morgan fingerprint density at radius 2 is 1.74 bits per heavy atom. The second kappa shape index (κ2) is 15.5. The quantitative estimate of drug-likeness (QED) is 0.131. The number of nitrogens with zero attached hydrogens (tertiary/aromatic N) is 2. The second-order valence-corrected chi connectivity index (χ2v) is 15.2. The van der Waals surface area contributed by atoms with Gasteiger partial charge in [-0.1, -0.05) is 12.1 Å². The molecular weight excluding hydrogens is 756 g/mol. The van der Waals surface area contributed by atoms with Gasteiger partial charge in [-0.25, -0.2) is 0 Å². The predicted octanol–water partition coefficient (Wildman–Crippen LogP) is 1.39. The Morgan fingerprint density at radius 1 is 1.03 bits per heavy atom. The first-order chi connectivity index (χ1) is 27.6. The number of hydrogen-bond acceptors (Lipinski definition) is 14. The third-order valence-electron chi connectivity index (χ3n) is 11.6. The van der Waals surface area contributed by atoms with E-state index in [0.29, 0.717) is 18.4 Å². The molecule has 17 heteroatoms. The van der Waals surface area contributed by atoms with E-state index in [9.17, 15) is 49.2 Å². The number of aliphatic hydroxyl groups is 2. The summed E-state index contributed by atoms with van der Waals surface area (Å²) in [5, 5.41) is 51.7. The molecule has 3 heterocycles. The summed E-state index contributed by atoms with van der Waals surface area (Å²) < 4.78 is 17.6. The number of likely N-dealkylation sites (tertiary alicyclic amines) is 1. The van der Waals surface area contributed by atoms with Crippen LogP contribution < -0.4 is 15.4 Å². The number of phenols is 2. The Labute approximate surface area is 332 Å². The number of carbonyl (C=O) groups excluding carboxylic acids is 6. The summed E-state index contributed by atoms with van der Waals surface area (Å²) in [6.07, 6.45) is -2.26. The molecule has 0 unspecified atom stereocenters. The zero-order chi connectivity index (χ0) is 41.8. The summed E-state index contributed by atoms with van der Waals surface area (Å²) in [5.74, 6) is -5.12. The van der Waals surface area contributed by atoms with Gasteiger partial charge < -0.3 is 50.2 Å². The van der Waals surface area contributed by atoms with Gasteiger partial charge in [0.1, 0.15) is 41.0 Å². The van der Waals surface area contributed by atoms with Gasteiger partial charge >= 0.3 is 0 Å². The van der Waals surface area contributed by atoms with Crippen molar-refractivity contribution in [2.24, 2.45) is 0 Å². The fraction of sp³-hybridized carbons (Fsp3) is 0.439. The number of fused-ring (bicyclic) bond motifs is 3. The highest BCUT2D eigenvalue weighted by Gasteiger charge is 2.50. The topological polar surface area (TPSA) is 251 Å². The van der Waals surface area contributed by atoms with Crippen LogP contribution in [-0.2, 0) is 30.3 Å². The summed E-state index contributed by atoms with van der Waals surface area (Å²) >= 11 is 0. The normalized spacial score (nSPS) is 26.8. The number of benzene rings is 2. The number of ether oxygens (including phenoxy) is 3. The Hall–Kier alpha value is -5.75. The molecule has 2 aromatic carbocycles. The van der Waals surface area contributed by atoms with Crippen LogP contribution in [0.3, 0.4) is 0 Å². The van der Waals surface area contributed by atoms with Gasteiger partial charge in [-0.05, 0) is 51.8 Å². The highest BCUT2D eigenvalue weighted by molar-refractivity contribution is 6.31. The number of nitrogens with one attached hydrogen (secondary N) is 2. The van der Waals surface area contributed by atoms with Crippen LogP contribution in [0.2, 0.25) is 0 Å². The van der Waals surface area contributed by atoms with Gasteiger partial charge in [0.15, 0.2) is 17.9 Å². The Balaban J connectivity index is 1.13. The lowest BCUT2D eigenvalue weighted by Gasteiger charge is -2.43. The first-order valence-corrected chi connectivity index (χ1v) is 19.0. The molecule has 17 nitrogen and oxygen atoms in total. The van der Waals surface area contributed by atoms with E-state index >= 15 is 0 Å². The number of aliphatic hydroxyl groups excluding tert-OH is 1. The minimum Gasteiger partial charge on any atom is -0.507 e. The molecule has 0 bridgehead atoms. The number of rotatable bonds is 9. The van der Waals surface area contributed by atoms with Crippen LogP contribution in [0, 0.1) is 0 Å². The Kier molecular flexibility index (Phi) is 10.8. The molecule has 0 saturated carbocycles. The molecule has 2 aliphatic carbocycles. The average Bonchev–Trinajstić information content (AvgIpc) is 3.70. The lowest BCUT2D eigenvalue weighted by molar-refractivity contribution is -0.249. The summed E-state index contributed by atoms with van der Waals surface area (Å²) in [4.78, 5) is 85.9. The van der Waals surface area contributed by atoms with E-state index < -0.39 is 119 Å². The van der Waals surface area contributed by atoms with Crippen LogP contribution in [0.4, 0.5) is 0 Å². The number of aromatic nitrogens is 1. The Bertz CT molecular complexity index is 2210. The zero-order valence-corrected chi connectivity index (χ0v) is 32.2. The molecule has 6 N–H and O–H groups in total. The van der Waals surface area contributed by atoms with Crippen molar-refractivity contribution < 1.29 is 63.4 Å². The number of amides is 3. The lowest BCUT2D eigenvalue weighted by atomic mass is 9.72. The van der Waals surface area contributed by atoms with Crippen molar-refractivity contribution >= 4 is 35.1 Å². The highest BCUT2D eigenvalue weighted by atomic mass is 16.7. The smallest absolute Gasteiger partial charge is 0.252 e. The second-order valence-electron chi connectivity index (χ2n) is 15.2. The monoisotopic (exact) mass is 800 g/mol. The molecule has 0 spiro atoms. The minimum atomic E-state index is -2.14. The first kappa shape index (κ1) is 40.4. The van der Waals surface area contributed by atoms with Crippen LogP contribution in [-0.4, -0.2) is 121 Å². The fourth-order valence-electron chi connectivity index (χ4n) is 8.44. The fourth-order valence-corrected chi connectivity index (χ4v) is 8.44. The molecule has 7 rings (SSSR count). The van der Waals surface area contributed by atoms with Gasteiger partial charge in [0.2, 0.25) is 17.6 Å². The molecule has 4 aliphatic rings. The number of ketones is 3. The van der Waals surface area contributed by atoms with Crippen molar-refractivity contribution in [1.82, 2.24) is 20.5 Å². The van der Waals surface area contributed by atoms with Crippen molar-refractivity contribution in [3.8, 4) is 17.2 Å². The molecular formula is C41H44N4O13. The number of methoxy groups -OCH3 is 1.